The summed E-state index contributed by atoms with van der Waals surface area (Å²) < 4.78 is 38.3. The highest BCUT2D eigenvalue weighted by Gasteiger charge is 2.38. The quantitative estimate of drug-likeness (QED) is 0.127. The van der Waals surface area contributed by atoms with Crippen LogP contribution in [0.2, 0.25) is 0 Å². The number of benzene rings is 3. The van der Waals surface area contributed by atoms with Gasteiger partial charge >= 0.3 is 11.9 Å². The van der Waals surface area contributed by atoms with Crippen molar-refractivity contribution in [2.24, 2.45) is 0 Å². The van der Waals surface area contributed by atoms with Crippen molar-refractivity contribution in [1.29, 1.82) is 0 Å². The Kier molecular flexibility index (Phi) is 12.7. The number of nitrogens with zero attached hydrogens (tertiary/aromatic N) is 1. The Morgan fingerprint density at radius 2 is 1.51 bits per heavy atom. The summed E-state index contributed by atoms with van der Waals surface area (Å²) in [6.07, 6.45) is 1.54. The number of Topliss-reactive ketones (excluding diaryl/α,β-unsaturated/α-hetero) is 1. The van der Waals surface area contributed by atoms with Gasteiger partial charge in [-0.1, -0.05) is 18.2 Å². The number of esters is 1. The Labute approximate surface area is 284 Å². The Morgan fingerprint density at radius 1 is 0.816 bits per heavy atom. The first-order chi connectivity index (χ1) is 23.6. The van der Waals surface area contributed by atoms with E-state index < -0.39 is 42.4 Å². The molecule has 49 heavy (non-hydrogen) atoms. The van der Waals surface area contributed by atoms with Crippen molar-refractivity contribution in [2.75, 3.05) is 48.7 Å². The van der Waals surface area contributed by atoms with Gasteiger partial charge in [0.25, 0.3) is 11.7 Å². The van der Waals surface area contributed by atoms with E-state index in [1.807, 2.05) is 12.1 Å². The fourth-order valence-corrected chi connectivity index (χ4v) is 5.68. The summed E-state index contributed by atoms with van der Waals surface area (Å²) in [5.41, 5.74) is 1.48. The van der Waals surface area contributed by atoms with E-state index in [9.17, 15) is 19.2 Å². The van der Waals surface area contributed by atoms with Crippen LogP contribution in [0.25, 0.3) is 0 Å². The number of likely N-dealkylation sites (tertiary alicyclic amines) is 1. The molecule has 1 aliphatic heterocycles. The SMILES string of the molecule is COc1ccc(CC[C@@H](OC(=O)[C@@H]2CCCCN2C(=O)C(=O)c2cc(OC)c(OC)c(OC)c2)c2cccc(OCC(=O)O)c2)cc1OC. The van der Waals surface area contributed by atoms with Crippen LogP contribution in [-0.2, 0) is 25.5 Å². The highest BCUT2D eigenvalue weighted by Crippen LogP contribution is 2.39. The van der Waals surface area contributed by atoms with E-state index in [0.717, 1.165) is 5.56 Å². The maximum absolute atomic E-state index is 13.9. The van der Waals surface area contributed by atoms with Crippen LogP contribution < -0.4 is 28.4 Å². The topological polar surface area (TPSA) is 156 Å². The Balaban J connectivity index is 1.60. The molecule has 1 aliphatic rings. The molecule has 2 atom stereocenters. The fraction of sp³-hybridized carbons (Fsp3) is 0.389. The number of ether oxygens (including phenoxy) is 7. The van der Waals surface area contributed by atoms with Gasteiger partial charge in [0.15, 0.2) is 29.6 Å². The van der Waals surface area contributed by atoms with Crippen molar-refractivity contribution in [3.8, 4) is 34.5 Å². The van der Waals surface area contributed by atoms with E-state index in [1.165, 1.54) is 38.4 Å². The van der Waals surface area contributed by atoms with E-state index in [-0.39, 0.29) is 35.1 Å². The van der Waals surface area contributed by atoms with Crippen LogP contribution in [0.15, 0.2) is 54.6 Å². The molecule has 13 heteroatoms. The number of hydrogen-bond donors (Lipinski definition) is 1. The molecule has 1 amide bonds. The lowest BCUT2D eigenvalue weighted by atomic mass is 9.98. The van der Waals surface area contributed by atoms with Crippen molar-refractivity contribution in [3.63, 3.8) is 0 Å². The van der Waals surface area contributed by atoms with Gasteiger partial charge in [-0.2, -0.15) is 0 Å². The molecule has 0 radical (unpaired) electrons. The summed E-state index contributed by atoms with van der Waals surface area (Å²) in [5.74, 6) is -1.41. The number of ketones is 1. The summed E-state index contributed by atoms with van der Waals surface area (Å²) in [6.45, 7) is -0.359. The van der Waals surface area contributed by atoms with Crippen molar-refractivity contribution >= 4 is 23.6 Å². The summed E-state index contributed by atoms with van der Waals surface area (Å²) >= 11 is 0. The molecule has 1 N–H and O–H groups in total. The molecule has 3 aromatic rings. The lowest BCUT2D eigenvalue weighted by molar-refractivity contribution is -0.161. The number of carboxylic acids is 1. The Morgan fingerprint density at radius 3 is 2.14 bits per heavy atom. The van der Waals surface area contributed by atoms with Crippen LogP contribution in [0.1, 0.15) is 53.3 Å². The second-order valence-electron chi connectivity index (χ2n) is 11.2. The average molecular weight is 680 g/mol. The predicted octanol–water partition coefficient (Wildman–Crippen LogP) is 4.67. The van der Waals surface area contributed by atoms with Crippen molar-refractivity contribution in [3.05, 3.63) is 71.3 Å². The monoisotopic (exact) mass is 679 g/mol. The number of rotatable bonds is 16. The van der Waals surface area contributed by atoms with Crippen molar-refractivity contribution < 1.29 is 57.4 Å². The highest BCUT2D eigenvalue weighted by molar-refractivity contribution is 6.43. The smallest absolute Gasteiger partial charge is 0.341 e. The number of carboxylic acid groups (broad SMARTS) is 1. The molecule has 1 heterocycles. The number of carbonyl (C=O) groups is 4. The number of carbonyl (C=O) groups excluding carboxylic acids is 3. The van der Waals surface area contributed by atoms with Crippen LogP contribution in [-0.4, -0.2) is 88.4 Å². The lowest BCUT2D eigenvalue weighted by Gasteiger charge is -2.34. The molecule has 0 aromatic heterocycles. The summed E-state index contributed by atoms with van der Waals surface area (Å²) in [6, 6.07) is 13.9. The first-order valence-corrected chi connectivity index (χ1v) is 15.6. The molecule has 1 fully saturated rings. The third kappa shape index (κ3) is 8.92. The summed E-state index contributed by atoms with van der Waals surface area (Å²) in [7, 11) is 7.32. The summed E-state index contributed by atoms with van der Waals surface area (Å²) in [4.78, 5) is 53.5. The molecule has 1 saturated heterocycles. The third-order valence-electron chi connectivity index (χ3n) is 8.15. The van der Waals surface area contributed by atoms with Gasteiger partial charge in [0, 0.05) is 12.1 Å². The molecule has 4 rings (SSSR count). The van der Waals surface area contributed by atoms with Crippen LogP contribution in [0.4, 0.5) is 0 Å². The van der Waals surface area contributed by atoms with Crippen molar-refractivity contribution in [2.45, 2.75) is 44.2 Å². The number of piperidine rings is 1. The van der Waals surface area contributed by atoms with Gasteiger partial charge < -0.3 is 43.2 Å². The second-order valence-corrected chi connectivity index (χ2v) is 11.2. The maximum Gasteiger partial charge on any atom is 0.341 e. The van der Waals surface area contributed by atoms with E-state index in [0.29, 0.717) is 49.2 Å². The minimum absolute atomic E-state index is 0.0168. The minimum atomic E-state index is -1.13. The van der Waals surface area contributed by atoms with Gasteiger partial charge in [-0.25, -0.2) is 9.59 Å². The van der Waals surface area contributed by atoms with Gasteiger partial charge in [0.2, 0.25) is 5.75 Å². The van der Waals surface area contributed by atoms with Crippen LogP contribution in [0.5, 0.6) is 34.5 Å². The minimum Gasteiger partial charge on any atom is -0.493 e. The first kappa shape index (κ1) is 36.4. The van der Waals surface area contributed by atoms with E-state index in [2.05, 4.69) is 0 Å². The Bertz CT molecular complexity index is 1630. The molecule has 0 aliphatic carbocycles. The van der Waals surface area contributed by atoms with E-state index in [1.54, 1.807) is 44.6 Å². The van der Waals surface area contributed by atoms with Gasteiger partial charge in [-0.3, -0.25) is 9.59 Å². The molecule has 3 aromatic carbocycles. The maximum atomic E-state index is 13.9. The molecule has 0 spiro atoms. The van der Waals surface area contributed by atoms with Gasteiger partial charge in [0.05, 0.1) is 35.5 Å². The first-order valence-electron chi connectivity index (χ1n) is 15.6. The number of amides is 1. The fourth-order valence-electron chi connectivity index (χ4n) is 5.68. The average Bonchev–Trinajstić information content (AvgIpc) is 3.14. The molecular weight excluding hydrogens is 638 g/mol. The predicted molar refractivity (Wildman–Crippen MR) is 176 cm³/mol. The summed E-state index contributed by atoms with van der Waals surface area (Å²) in [5, 5.41) is 9.08. The molecular formula is C36H41NO12. The van der Waals surface area contributed by atoms with Crippen molar-refractivity contribution in [1.82, 2.24) is 4.90 Å². The zero-order valence-corrected chi connectivity index (χ0v) is 28.2. The van der Waals surface area contributed by atoms with Gasteiger partial charge in [0.1, 0.15) is 17.9 Å². The zero-order chi connectivity index (χ0) is 35.5. The van der Waals surface area contributed by atoms with E-state index in [4.69, 9.17) is 38.3 Å². The lowest BCUT2D eigenvalue weighted by Crippen LogP contribution is -2.51. The van der Waals surface area contributed by atoms with Crippen LogP contribution in [0.3, 0.4) is 0 Å². The largest absolute Gasteiger partial charge is 0.493 e. The molecule has 262 valence electrons. The molecule has 0 unspecified atom stereocenters. The number of aliphatic carboxylic acids is 1. The number of hydrogen-bond acceptors (Lipinski definition) is 11. The van der Waals surface area contributed by atoms with Gasteiger partial charge in [-0.05, 0) is 79.6 Å². The number of aryl methyl sites for hydroxylation is 1. The Hall–Kier alpha value is -5.46. The normalized spacial score (nSPS) is 14.6. The third-order valence-corrected chi connectivity index (χ3v) is 8.15. The second kappa shape index (κ2) is 17.1. The van der Waals surface area contributed by atoms with Gasteiger partial charge in [-0.15, -0.1) is 0 Å². The van der Waals surface area contributed by atoms with E-state index >= 15 is 0 Å². The highest BCUT2D eigenvalue weighted by atomic mass is 16.5. The molecule has 0 saturated carbocycles. The zero-order valence-electron chi connectivity index (χ0n) is 28.2. The molecule has 13 nitrogen and oxygen atoms in total. The molecule has 0 bridgehead atoms. The van der Waals surface area contributed by atoms with Crippen LogP contribution >= 0.6 is 0 Å². The standard InChI is InChI=1S/C36H41NO12/c1-43-28-15-13-22(17-29(28)44-2)12-14-27(23-9-8-10-25(18-23)48-21-32(38)39)49-36(42)26-11-6-7-16-37(26)35(41)33(40)24-19-30(45-3)34(47-5)31(20-24)46-4/h8-10,13,15,17-20,26-27H,6-7,11-12,14,16,21H2,1-5H3,(H,38,39)/t26-,27+/m0/s1. The van der Waals surface area contributed by atoms with Crippen LogP contribution in [0, 0.1) is 0 Å². The number of methoxy groups -OCH3 is 5.